The minimum atomic E-state index is 0.486. The van der Waals surface area contributed by atoms with Gasteiger partial charge in [0, 0.05) is 6.54 Å². The SMILES string of the molecule is [B]NCCn1ncc(N)c1N. The maximum atomic E-state index is 5.55. The molecular weight excluding hydrogens is 141 g/mol. The Balaban J connectivity index is 2.63. The van der Waals surface area contributed by atoms with Crippen molar-refractivity contribution in [3.05, 3.63) is 6.20 Å². The maximum Gasteiger partial charge on any atom is 0.177 e. The van der Waals surface area contributed by atoms with E-state index in [0.717, 1.165) is 0 Å². The molecule has 11 heavy (non-hydrogen) atoms. The van der Waals surface area contributed by atoms with E-state index in [-0.39, 0.29) is 0 Å². The number of nitrogens with one attached hydrogen (secondary N) is 1. The van der Waals surface area contributed by atoms with Gasteiger partial charge in [0.2, 0.25) is 0 Å². The predicted molar refractivity (Wildman–Crippen MR) is 44.8 cm³/mol. The van der Waals surface area contributed by atoms with Crippen LogP contribution in [-0.2, 0) is 6.54 Å². The topological polar surface area (TPSA) is 81.9 Å². The van der Waals surface area contributed by atoms with Crippen LogP contribution in [0.2, 0.25) is 0 Å². The van der Waals surface area contributed by atoms with Gasteiger partial charge in [-0.25, -0.2) is 4.68 Å². The highest BCUT2D eigenvalue weighted by Crippen LogP contribution is 2.11. The molecule has 6 heteroatoms. The first-order valence-corrected chi connectivity index (χ1v) is 3.26. The van der Waals surface area contributed by atoms with Gasteiger partial charge in [0.25, 0.3) is 0 Å². The molecule has 0 unspecified atom stereocenters. The molecule has 2 radical (unpaired) electrons. The van der Waals surface area contributed by atoms with E-state index in [2.05, 4.69) is 10.3 Å². The third kappa shape index (κ3) is 1.65. The molecule has 0 bridgehead atoms. The second kappa shape index (κ2) is 3.29. The van der Waals surface area contributed by atoms with Crippen LogP contribution in [0.1, 0.15) is 0 Å². The summed E-state index contributed by atoms with van der Waals surface area (Å²) in [7, 11) is 5.07. The Morgan fingerprint density at radius 1 is 1.64 bits per heavy atom. The van der Waals surface area contributed by atoms with Crippen molar-refractivity contribution in [2.24, 2.45) is 0 Å². The molecule has 0 aliphatic heterocycles. The Morgan fingerprint density at radius 3 is 2.82 bits per heavy atom. The van der Waals surface area contributed by atoms with Crippen molar-refractivity contribution in [3.8, 4) is 0 Å². The molecule has 1 aromatic heterocycles. The van der Waals surface area contributed by atoms with E-state index in [0.29, 0.717) is 24.6 Å². The van der Waals surface area contributed by atoms with Crippen LogP contribution in [0.3, 0.4) is 0 Å². The molecule has 0 aliphatic carbocycles. The van der Waals surface area contributed by atoms with Crippen molar-refractivity contribution in [1.29, 1.82) is 0 Å². The van der Waals surface area contributed by atoms with Crippen LogP contribution in [0.15, 0.2) is 6.20 Å². The highest BCUT2D eigenvalue weighted by Gasteiger charge is 2.01. The van der Waals surface area contributed by atoms with Gasteiger partial charge in [0.05, 0.1) is 18.4 Å². The lowest BCUT2D eigenvalue weighted by Crippen LogP contribution is -2.18. The van der Waals surface area contributed by atoms with Crippen LogP contribution in [0.5, 0.6) is 0 Å². The van der Waals surface area contributed by atoms with Gasteiger partial charge < -0.3 is 16.7 Å². The number of nitrogens with zero attached hydrogens (tertiary/aromatic N) is 2. The van der Waals surface area contributed by atoms with Gasteiger partial charge >= 0.3 is 0 Å². The number of rotatable bonds is 3. The molecule has 1 aromatic rings. The highest BCUT2D eigenvalue weighted by molar-refractivity contribution is 6.04. The van der Waals surface area contributed by atoms with Crippen molar-refractivity contribution in [3.63, 3.8) is 0 Å². The van der Waals surface area contributed by atoms with E-state index in [4.69, 9.17) is 19.4 Å². The zero-order chi connectivity index (χ0) is 8.27. The third-order valence-electron chi connectivity index (χ3n) is 1.38. The molecule has 0 atom stereocenters. The molecule has 0 fully saturated rings. The summed E-state index contributed by atoms with van der Waals surface area (Å²) in [5, 5.41) is 6.42. The summed E-state index contributed by atoms with van der Waals surface area (Å²) >= 11 is 0. The van der Waals surface area contributed by atoms with Crippen LogP contribution < -0.4 is 16.7 Å². The molecule has 0 amide bonds. The zero-order valence-electron chi connectivity index (χ0n) is 6.12. The fourth-order valence-corrected chi connectivity index (χ4v) is 0.758. The first-order chi connectivity index (χ1) is 5.25. The molecule has 0 saturated carbocycles. The van der Waals surface area contributed by atoms with Gasteiger partial charge in [0.1, 0.15) is 5.82 Å². The molecular formula is C5H10BN5. The van der Waals surface area contributed by atoms with Gasteiger partial charge in [0.15, 0.2) is 7.98 Å². The summed E-state index contributed by atoms with van der Waals surface area (Å²) in [5.74, 6) is 0.486. The van der Waals surface area contributed by atoms with E-state index >= 15 is 0 Å². The molecule has 0 spiro atoms. The minimum absolute atomic E-state index is 0.486. The van der Waals surface area contributed by atoms with Crippen LogP contribution in [0, 0.1) is 0 Å². The Bertz CT molecular complexity index is 233. The molecule has 0 aromatic carbocycles. The van der Waals surface area contributed by atoms with Gasteiger partial charge in [-0.1, -0.05) is 0 Å². The molecule has 1 rings (SSSR count). The standard InChI is InChI=1S/C5H10BN5/c6-9-1-2-11-5(8)4(7)3-10-11/h3,9H,1-2,7-8H2. The lowest BCUT2D eigenvalue weighted by Gasteiger charge is -2.02. The number of nitrogen functional groups attached to an aromatic ring is 2. The van der Waals surface area contributed by atoms with Crippen LogP contribution in [-0.4, -0.2) is 24.3 Å². The molecule has 0 saturated heterocycles. The quantitative estimate of drug-likeness (QED) is 0.470. The first-order valence-electron chi connectivity index (χ1n) is 3.26. The Kier molecular flexibility index (Phi) is 2.38. The van der Waals surface area contributed by atoms with E-state index in [1.807, 2.05) is 0 Å². The summed E-state index contributed by atoms with van der Waals surface area (Å²) in [4.78, 5) is 0. The summed E-state index contributed by atoms with van der Waals surface area (Å²) < 4.78 is 1.59. The van der Waals surface area contributed by atoms with Crippen molar-refractivity contribution >= 4 is 19.5 Å². The Hall–Kier alpha value is -1.17. The zero-order valence-corrected chi connectivity index (χ0v) is 6.12. The predicted octanol–water partition coefficient (Wildman–Crippen LogP) is -1.28. The normalized spacial score (nSPS) is 10.2. The first kappa shape index (κ1) is 7.94. The Morgan fingerprint density at radius 2 is 2.36 bits per heavy atom. The van der Waals surface area contributed by atoms with Crippen molar-refractivity contribution in [2.45, 2.75) is 6.54 Å². The lowest BCUT2D eigenvalue weighted by atomic mass is 10.4. The Labute approximate surface area is 66.2 Å². The smallest absolute Gasteiger partial charge is 0.177 e. The molecule has 58 valence electrons. The fraction of sp³-hybridized carbons (Fsp3) is 0.400. The van der Waals surface area contributed by atoms with Crippen molar-refractivity contribution in [2.75, 3.05) is 18.0 Å². The van der Waals surface area contributed by atoms with E-state index < -0.39 is 0 Å². The van der Waals surface area contributed by atoms with Crippen molar-refractivity contribution < 1.29 is 0 Å². The van der Waals surface area contributed by atoms with Crippen LogP contribution in [0.4, 0.5) is 11.5 Å². The van der Waals surface area contributed by atoms with Crippen molar-refractivity contribution in [1.82, 2.24) is 15.0 Å². The number of anilines is 2. The van der Waals surface area contributed by atoms with Gasteiger partial charge in [-0.15, -0.1) is 0 Å². The summed E-state index contributed by atoms with van der Waals surface area (Å²) in [5.41, 5.74) is 11.5. The summed E-state index contributed by atoms with van der Waals surface area (Å²) in [6.45, 7) is 1.24. The van der Waals surface area contributed by atoms with Gasteiger partial charge in [-0.3, -0.25) is 0 Å². The second-order valence-corrected chi connectivity index (χ2v) is 2.16. The average Bonchev–Trinajstić information content (AvgIpc) is 2.31. The second-order valence-electron chi connectivity index (χ2n) is 2.16. The largest absolute Gasteiger partial charge is 0.394 e. The average molecular weight is 151 g/mol. The van der Waals surface area contributed by atoms with E-state index in [1.54, 1.807) is 4.68 Å². The number of hydrogen-bond acceptors (Lipinski definition) is 4. The maximum absolute atomic E-state index is 5.55. The number of nitrogens with two attached hydrogens (primary N) is 2. The number of aromatic nitrogens is 2. The van der Waals surface area contributed by atoms with E-state index in [9.17, 15) is 0 Å². The van der Waals surface area contributed by atoms with Crippen LogP contribution >= 0.6 is 0 Å². The lowest BCUT2D eigenvalue weighted by molar-refractivity contribution is 0.618. The molecule has 5 nitrogen and oxygen atoms in total. The van der Waals surface area contributed by atoms with Gasteiger partial charge in [-0.2, -0.15) is 5.10 Å². The van der Waals surface area contributed by atoms with E-state index in [1.165, 1.54) is 6.20 Å². The van der Waals surface area contributed by atoms with Gasteiger partial charge in [-0.05, 0) is 0 Å². The third-order valence-corrected chi connectivity index (χ3v) is 1.38. The molecule has 0 aliphatic rings. The molecule has 1 heterocycles. The number of hydrogen-bond donors (Lipinski definition) is 3. The fourth-order valence-electron chi connectivity index (χ4n) is 0.758. The summed E-state index contributed by atoms with van der Waals surface area (Å²) in [6, 6.07) is 0. The van der Waals surface area contributed by atoms with Crippen LogP contribution in [0.25, 0.3) is 0 Å². The minimum Gasteiger partial charge on any atom is -0.394 e. The monoisotopic (exact) mass is 151 g/mol. The highest BCUT2D eigenvalue weighted by atomic mass is 15.3. The summed E-state index contributed by atoms with van der Waals surface area (Å²) in [6.07, 6.45) is 1.52. The molecule has 5 N–H and O–H groups in total.